The van der Waals surface area contributed by atoms with Crippen LogP contribution in [0.3, 0.4) is 0 Å². The Labute approximate surface area is 150 Å². The largest absolute Gasteiger partial charge is 0.348 e. The predicted octanol–water partition coefficient (Wildman–Crippen LogP) is 3.10. The van der Waals surface area contributed by atoms with Crippen LogP contribution in [0.2, 0.25) is 0 Å². The molecule has 2 fully saturated rings. The monoisotopic (exact) mass is 347 g/mol. The Hall–Kier alpha value is -1.39. The number of hydrogen-bond donors (Lipinski definition) is 1. The van der Waals surface area contributed by atoms with Crippen LogP contribution in [0, 0.1) is 0 Å². The van der Waals surface area contributed by atoms with Crippen molar-refractivity contribution in [2.75, 3.05) is 7.05 Å². The van der Waals surface area contributed by atoms with Gasteiger partial charge in [0.1, 0.15) is 5.71 Å². The van der Waals surface area contributed by atoms with Gasteiger partial charge in [-0.25, -0.2) is 0 Å². The van der Waals surface area contributed by atoms with Crippen LogP contribution in [-0.2, 0) is 4.79 Å². The zero-order valence-electron chi connectivity index (χ0n) is 14.4. The summed E-state index contributed by atoms with van der Waals surface area (Å²) in [5.74, 6) is 0.00873. The van der Waals surface area contributed by atoms with Crippen molar-refractivity contribution in [3.05, 3.63) is 35.4 Å². The molecule has 0 spiro atoms. The first kappa shape index (κ1) is 17.4. The van der Waals surface area contributed by atoms with Crippen LogP contribution in [0.5, 0.6) is 0 Å². The molecule has 3 unspecified atom stereocenters. The summed E-state index contributed by atoms with van der Waals surface area (Å²) in [5, 5.41) is 3.28. The second kappa shape index (κ2) is 6.85. The van der Waals surface area contributed by atoms with Crippen molar-refractivity contribution in [3.8, 4) is 0 Å². The summed E-state index contributed by atoms with van der Waals surface area (Å²) in [4.78, 5) is 19.9. The van der Waals surface area contributed by atoms with E-state index >= 15 is 0 Å². The first-order chi connectivity index (χ1) is 11.1. The predicted molar refractivity (Wildman–Crippen MR) is 99.0 cm³/mol. The zero-order chi connectivity index (χ0) is 16.0. The van der Waals surface area contributed by atoms with Crippen LogP contribution < -0.4 is 5.32 Å². The number of carbonyl (C=O) groups excluding carboxylic acids is 1. The van der Waals surface area contributed by atoms with Crippen LogP contribution in [0.4, 0.5) is 0 Å². The van der Waals surface area contributed by atoms with Crippen molar-refractivity contribution in [2.45, 2.75) is 63.2 Å². The van der Waals surface area contributed by atoms with Crippen LogP contribution in [0.15, 0.2) is 29.3 Å². The molecule has 3 atom stereocenters. The number of piperidine rings is 2. The van der Waals surface area contributed by atoms with Crippen molar-refractivity contribution in [2.24, 2.45) is 4.99 Å². The molecule has 0 aromatic heterocycles. The molecule has 1 aromatic rings. The molecule has 1 amide bonds. The van der Waals surface area contributed by atoms with Gasteiger partial charge < -0.3 is 10.2 Å². The summed E-state index contributed by atoms with van der Waals surface area (Å²) in [5.41, 5.74) is 2.79. The number of nitrogens with zero attached hydrogens (tertiary/aromatic N) is 2. The molecule has 3 aliphatic rings. The van der Waals surface area contributed by atoms with Gasteiger partial charge in [0.25, 0.3) is 5.91 Å². The average molecular weight is 348 g/mol. The molecule has 0 radical (unpaired) electrons. The molecular weight excluding hydrogens is 322 g/mol. The van der Waals surface area contributed by atoms with Crippen molar-refractivity contribution in [1.82, 2.24) is 10.2 Å². The number of carbonyl (C=O) groups is 1. The number of amides is 1. The van der Waals surface area contributed by atoms with E-state index in [9.17, 15) is 4.79 Å². The Morgan fingerprint density at radius 3 is 2.58 bits per heavy atom. The van der Waals surface area contributed by atoms with E-state index in [-0.39, 0.29) is 24.4 Å². The molecule has 0 saturated carbocycles. The van der Waals surface area contributed by atoms with Crippen LogP contribution in [0.1, 0.15) is 56.2 Å². The average Bonchev–Trinajstić information content (AvgIpc) is 2.86. The topological polar surface area (TPSA) is 44.7 Å². The van der Waals surface area contributed by atoms with Crippen molar-refractivity contribution in [3.63, 3.8) is 0 Å². The summed E-state index contributed by atoms with van der Waals surface area (Å²) < 4.78 is 0. The van der Waals surface area contributed by atoms with E-state index in [1.54, 1.807) is 0 Å². The molecule has 4 rings (SSSR count). The standard InChI is InChI=1S/C19H25N3O.ClH/c1-12-16-8-3-4-9-17(16)18(20-12)19(23)21-13-10-14-6-5-7-15(11-13)22(14)2;/h3-4,8-9,12-15H,5-7,10-11H2,1-2H3,(H,21,23);1H. The molecule has 5 heteroatoms. The van der Waals surface area contributed by atoms with Gasteiger partial charge in [-0.2, -0.15) is 0 Å². The fourth-order valence-electron chi connectivity index (χ4n) is 4.58. The van der Waals surface area contributed by atoms with Crippen LogP contribution in [0.25, 0.3) is 0 Å². The molecule has 3 aliphatic heterocycles. The molecule has 1 aromatic carbocycles. The summed E-state index contributed by atoms with van der Waals surface area (Å²) in [6.45, 7) is 2.05. The van der Waals surface area contributed by atoms with Gasteiger partial charge >= 0.3 is 0 Å². The molecule has 2 bridgehead atoms. The van der Waals surface area contributed by atoms with Crippen molar-refractivity contribution in [1.29, 1.82) is 0 Å². The van der Waals surface area contributed by atoms with E-state index in [2.05, 4.69) is 35.2 Å². The zero-order valence-corrected chi connectivity index (χ0v) is 15.2. The number of aliphatic imine (C=N–C) groups is 1. The summed E-state index contributed by atoms with van der Waals surface area (Å²) >= 11 is 0. The molecule has 2 saturated heterocycles. The highest BCUT2D eigenvalue weighted by Crippen LogP contribution is 2.33. The normalized spacial score (nSPS) is 31.7. The van der Waals surface area contributed by atoms with Gasteiger partial charge in [-0.05, 0) is 45.2 Å². The minimum Gasteiger partial charge on any atom is -0.348 e. The highest BCUT2D eigenvalue weighted by Gasteiger charge is 2.37. The summed E-state index contributed by atoms with van der Waals surface area (Å²) in [6, 6.07) is 9.73. The molecule has 24 heavy (non-hydrogen) atoms. The van der Waals surface area contributed by atoms with E-state index in [1.165, 1.54) is 19.3 Å². The SMILES string of the molecule is CC1N=C(C(=O)NC2CC3CCCC(C2)N3C)c2ccccc21.Cl. The maximum Gasteiger partial charge on any atom is 0.270 e. The fraction of sp³-hybridized carbons (Fsp3) is 0.579. The number of nitrogens with one attached hydrogen (secondary N) is 1. The Bertz CT molecular complexity index is 646. The third-order valence-corrected chi connectivity index (χ3v) is 5.88. The van der Waals surface area contributed by atoms with E-state index in [0.29, 0.717) is 23.8 Å². The van der Waals surface area contributed by atoms with Gasteiger partial charge in [-0.3, -0.25) is 9.79 Å². The molecule has 0 aliphatic carbocycles. The molecule has 3 heterocycles. The number of fused-ring (bicyclic) bond motifs is 3. The lowest BCUT2D eigenvalue weighted by Crippen LogP contribution is -2.55. The van der Waals surface area contributed by atoms with Gasteiger partial charge in [-0.1, -0.05) is 30.7 Å². The van der Waals surface area contributed by atoms with E-state index in [4.69, 9.17) is 0 Å². The fourth-order valence-corrected chi connectivity index (χ4v) is 4.58. The molecular formula is C19H26ClN3O. The molecule has 130 valence electrons. The lowest BCUT2D eigenvalue weighted by atomic mass is 9.82. The highest BCUT2D eigenvalue weighted by molar-refractivity contribution is 6.46. The summed E-state index contributed by atoms with van der Waals surface area (Å²) in [6.07, 6.45) is 6.00. The molecule has 4 nitrogen and oxygen atoms in total. The Kier molecular flexibility index (Phi) is 4.97. The van der Waals surface area contributed by atoms with Gasteiger partial charge in [-0.15, -0.1) is 12.4 Å². The number of halogens is 1. The van der Waals surface area contributed by atoms with Gasteiger partial charge in [0, 0.05) is 23.7 Å². The highest BCUT2D eigenvalue weighted by atomic mass is 35.5. The minimum atomic E-state index is 0. The third kappa shape index (κ3) is 2.98. The van der Waals surface area contributed by atoms with E-state index in [1.807, 2.05) is 18.2 Å². The van der Waals surface area contributed by atoms with E-state index in [0.717, 1.165) is 24.0 Å². The van der Waals surface area contributed by atoms with Gasteiger partial charge in [0.15, 0.2) is 0 Å². The smallest absolute Gasteiger partial charge is 0.270 e. The van der Waals surface area contributed by atoms with Gasteiger partial charge in [0.2, 0.25) is 0 Å². The summed E-state index contributed by atoms with van der Waals surface area (Å²) in [7, 11) is 2.24. The Morgan fingerprint density at radius 1 is 1.21 bits per heavy atom. The van der Waals surface area contributed by atoms with Crippen molar-refractivity contribution >= 4 is 24.0 Å². The second-order valence-electron chi connectivity index (χ2n) is 7.29. The van der Waals surface area contributed by atoms with Crippen molar-refractivity contribution < 1.29 is 4.79 Å². The lowest BCUT2D eigenvalue weighted by Gasteiger charge is -2.47. The minimum absolute atomic E-state index is 0. The third-order valence-electron chi connectivity index (χ3n) is 5.88. The lowest BCUT2D eigenvalue weighted by molar-refractivity contribution is -0.116. The maximum atomic E-state index is 12.8. The first-order valence-electron chi connectivity index (χ1n) is 8.83. The Morgan fingerprint density at radius 2 is 1.88 bits per heavy atom. The first-order valence-corrected chi connectivity index (χ1v) is 8.83. The quantitative estimate of drug-likeness (QED) is 0.893. The number of hydrogen-bond acceptors (Lipinski definition) is 3. The van der Waals surface area contributed by atoms with Gasteiger partial charge in [0.05, 0.1) is 6.04 Å². The Balaban J connectivity index is 0.00000169. The van der Waals surface area contributed by atoms with E-state index < -0.39 is 0 Å². The van der Waals surface area contributed by atoms with Crippen LogP contribution >= 0.6 is 12.4 Å². The second-order valence-corrected chi connectivity index (χ2v) is 7.29. The number of rotatable bonds is 2. The molecule has 1 N–H and O–H groups in total. The van der Waals surface area contributed by atoms with Crippen LogP contribution in [-0.4, -0.2) is 41.7 Å². The number of benzene rings is 1. The maximum absolute atomic E-state index is 12.8.